The van der Waals surface area contributed by atoms with Gasteiger partial charge in [0.1, 0.15) is 33.6 Å². The van der Waals surface area contributed by atoms with Gasteiger partial charge >= 0.3 is 158 Å². The maximum Gasteiger partial charge on any atom is 1.00 e. The molecule has 89 heavy (non-hydrogen) atoms. The summed E-state index contributed by atoms with van der Waals surface area (Å²) in [5, 5.41) is 27.3. The van der Waals surface area contributed by atoms with E-state index in [2.05, 4.69) is 25.6 Å². The van der Waals surface area contributed by atoms with Gasteiger partial charge in [0.15, 0.2) is 0 Å². The van der Waals surface area contributed by atoms with E-state index in [0.29, 0.717) is 45.0 Å². The van der Waals surface area contributed by atoms with Crippen molar-refractivity contribution in [2.75, 3.05) is 91.1 Å². The molecule has 0 aliphatic heterocycles. The van der Waals surface area contributed by atoms with Crippen LogP contribution in [0.5, 0.6) is 0 Å². The Bertz CT molecular complexity index is 1960. The van der Waals surface area contributed by atoms with Crippen LogP contribution >= 0.6 is 15.9 Å². The number of alkyl halides is 1. The molecule has 0 aliphatic carbocycles. The molecule has 0 atom stereocenters. The van der Waals surface area contributed by atoms with Gasteiger partial charge in [-0.05, 0) is 157 Å². The summed E-state index contributed by atoms with van der Waals surface area (Å²) in [4.78, 5) is 83.9. The first-order chi connectivity index (χ1) is 38.8. The number of aliphatic hydroxyl groups is 2. The van der Waals surface area contributed by atoms with Crippen LogP contribution in [0.1, 0.15) is 158 Å². The van der Waals surface area contributed by atoms with Crippen LogP contribution in [0.3, 0.4) is 0 Å². The van der Waals surface area contributed by atoms with Gasteiger partial charge in [-0.3, -0.25) is 8.98 Å². The molecule has 1 aromatic rings. The Labute approximate surface area is 647 Å². The molecule has 0 unspecified atom stereocenters. The fourth-order valence-electron chi connectivity index (χ4n) is 4.64. The number of halogens is 2. The summed E-state index contributed by atoms with van der Waals surface area (Å²) >= 11 is 3.23. The number of carbonyl (C=O) groups excluding carboxylic acids is 7. The summed E-state index contributed by atoms with van der Waals surface area (Å²) < 4.78 is 79.2. The second-order valence-corrected chi connectivity index (χ2v) is 25.6. The van der Waals surface area contributed by atoms with E-state index in [1.54, 1.807) is 137 Å². The minimum Gasteiger partial charge on any atom is -1.00 e. The Balaban J connectivity index is -0.000000111. The number of aryl methyl sites for hydroxylation is 1. The zero-order valence-electron chi connectivity index (χ0n) is 58.6. The van der Waals surface area contributed by atoms with E-state index in [1.165, 1.54) is 12.1 Å². The smallest absolute Gasteiger partial charge is 1.00 e. The molecule has 0 spiro atoms. The second-order valence-electron chi connectivity index (χ2n) is 23.2. The van der Waals surface area contributed by atoms with Gasteiger partial charge in [-0.2, -0.15) is 8.42 Å². The number of ether oxygens (including phenoxy) is 10. The molecule has 33 heteroatoms. The summed E-state index contributed by atoms with van der Waals surface area (Å²) in [6.45, 7) is 40.2. The van der Waals surface area contributed by atoms with E-state index >= 15 is 0 Å². The number of aliphatic hydroxyl groups excluding tert-OH is 2. The SMILES string of the molecule is CC(C)(C)OC(=O)N(CCOCCBr)C(=O)OC(C)(C)C.CC(C)(C)OC(=O)NC(=O)OC(C)(C)C.CCCOCCN(C(=O)OC(C)(C)C)C(=O)OC(C)(C)C.CCCOCCOS(=O)(=O)c1ccc(C)cc1.O=CO[O-].OCCOCCO.[Br-].[H-].[K+].[K+].[Li+]. The average molecular weight is 1480 g/mol. The van der Waals surface area contributed by atoms with Gasteiger partial charge in [-0.25, -0.2) is 43.9 Å². The molecule has 6 amide bonds. The van der Waals surface area contributed by atoms with Gasteiger partial charge in [-0.1, -0.05) is 47.5 Å². The molecule has 0 saturated carbocycles. The first-order valence-electron chi connectivity index (χ1n) is 27.3. The average Bonchev–Trinajstić information content (AvgIpc) is 3.31. The third kappa shape index (κ3) is 78.0. The van der Waals surface area contributed by atoms with Crippen LogP contribution in [-0.2, 0) is 71.4 Å². The van der Waals surface area contributed by atoms with E-state index in [1.807, 2.05) is 26.1 Å². The Morgan fingerprint density at radius 1 is 0.528 bits per heavy atom. The molecule has 0 bridgehead atoms. The van der Waals surface area contributed by atoms with E-state index in [9.17, 15) is 37.2 Å². The molecule has 510 valence electrons. The molecule has 0 aliphatic rings. The summed E-state index contributed by atoms with van der Waals surface area (Å²) in [5.41, 5.74) is -2.99. The van der Waals surface area contributed by atoms with Gasteiger partial charge in [0.2, 0.25) is 0 Å². The molecular weight excluding hydrogens is 1380 g/mol. The summed E-state index contributed by atoms with van der Waals surface area (Å²) in [7, 11) is -3.64. The first kappa shape index (κ1) is 107. The zero-order chi connectivity index (χ0) is 67.3. The summed E-state index contributed by atoms with van der Waals surface area (Å²) in [6.07, 6.45) is -2.76. The van der Waals surface area contributed by atoms with Crippen molar-refractivity contribution in [1.29, 1.82) is 0 Å². The Hall–Kier alpha value is -0.630. The number of nitrogens with zero attached hydrogens (tertiary/aromatic N) is 2. The van der Waals surface area contributed by atoms with Crippen molar-refractivity contribution in [3.05, 3.63) is 29.8 Å². The van der Waals surface area contributed by atoms with Gasteiger partial charge in [0.25, 0.3) is 16.6 Å². The summed E-state index contributed by atoms with van der Waals surface area (Å²) in [6, 6.07) is 6.56. The molecule has 0 aromatic heterocycles. The Morgan fingerprint density at radius 2 is 0.809 bits per heavy atom. The molecular formula is C56H104Br2K2LiN3O24S. The van der Waals surface area contributed by atoms with Crippen molar-refractivity contribution in [2.24, 2.45) is 0 Å². The van der Waals surface area contributed by atoms with Gasteiger partial charge in [-0.15, -0.1) is 0 Å². The molecule has 0 fully saturated rings. The minimum atomic E-state index is -3.64. The fourth-order valence-corrected chi connectivity index (χ4v) is 5.76. The number of hydrogen-bond donors (Lipinski definition) is 3. The van der Waals surface area contributed by atoms with Crippen LogP contribution in [0.2, 0.25) is 0 Å². The van der Waals surface area contributed by atoms with Crippen molar-refractivity contribution < 1.29 is 254 Å². The zero-order valence-corrected chi connectivity index (χ0v) is 67.9. The second kappa shape index (κ2) is 58.7. The molecule has 0 saturated heterocycles. The van der Waals surface area contributed by atoms with E-state index < -0.39 is 80.3 Å². The standard InChI is InChI=1S/C15H29NO5.C14H26BrNO5.C12H18O4S.C10H19NO4.C4H10O3.CH2O3.BrH.2K.Li.H/c1-8-10-19-11-9-16(12(17)20-14(2,3)4)13(18)21-15(5,6)7;1-13(2,3)20-11(17)16(8-10-19-9-7-15)12(18)21-14(4,5)6;1-3-8-15-9-10-16-17(13,14)12-6-4-11(2)5-7-12;1-9(2,3)14-7(12)11-8(13)15-10(4,5)6;5-1-3-7-4-2-6;2-1-4-3;;;;;/h8-11H2,1-7H3;7-10H2,1-6H3;4-7H,3,8-10H2,1-2H3;1-6H3,(H,11,12,13);5-6H,1-4H2;1,3H;1H;;;;/q;;;;;;;3*+1;-1/p-2. The van der Waals surface area contributed by atoms with Crippen LogP contribution in [0.25, 0.3) is 0 Å². The predicted molar refractivity (Wildman–Crippen MR) is 318 cm³/mol. The molecule has 3 N–H and O–H groups in total. The Kier molecular flexibility index (Phi) is 70.6. The molecule has 0 heterocycles. The van der Waals surface area contributed by atoms with Gasteiger partial charge < -0.3 is 86.1 Å². The number of carbonyl (C=O) groups is 7. The van der Waals surface area contributed by atoms with Crippen LogP contribution in [0.15, 0.2) is 29.2 Å². The number of amides is 6. The largest absolute Gasteiger partial charge is 1.00 e. The fraction of sp³-hybridized carbons (Fsp3) is 0.768. The monoisotopic (exact) mass is 1480 g/mol. The van der Waals surface area contributed by atoms with Crippen LogP contribution in [0.4, 0.5) is 28.8 Å². The Morgan fingerprint density at radius 3 is 1.07 bits per heavy atom. The van der Waals surface area contributed by atoms with Crippen molar-refractivity contribution >= 4 is 69.1 Å². The van der Waals surface area contributed by atoms with Gasteiger partial charge in [0, 0.05) is 18.5 Å². The van der Waals surface area contributed by atoms with Crippen LogP contribution < -0.4 is 149 Å². The van der Waals surface area contributed by atoms with Crippen LogP contribution in [-0.4, -0.2) is 196 Å². The number of rotatable bonds is 22. The normalized spacial score (nSPS) is 10.8. The first-order valence-corrected chi connectivity index (χ1v) is 29.8. The minimum absolute atomic E-state index is 0. The van der Waals surface area contributed by atoms with Crippen LogP contribution in [0, 0.1) is 6.92 Å². The number of alkyl carbamates (subject to hydrolysis) is 2. The quantitative estimate of drug-likeness (QED) is 0.0155. The molecule has 1 aromatic carbocycles. The molecule has 0 radical (unpaired) electrons. The van der Waals surface area contributed by atoms with E-state index in [4.69, 9.17) is 67.1 Å². The van der Waals surface area contributed by atoms with Crippen molar-refractivity contribution in [1.82, 2.24) is 15.1 Å². The van der Waals surface area contributed by atoms with E-state index in [-0.39, 0.29) is 198 Å². The summed E-state index contributed by atoms with van der Waals surface area (Å²) in [5.74, 6) is 0. The van der Waals surface area contributed by atoms with Crippen molar-refractivity contribution in [2.45, 2.75) is 197 Å². The number of nitrogens with one attached hydrogen (secondary N) is 1. The third-order valence-electron chi connectivity index (χ3n) is 7.58. The maximum absolute atomic E-state index is 12.1. The number of benzene rings is 1. The third-order valence-corrected chi connectivity index (χ3v) is 9.23. The van der Waals surface area contributed by atoms with Gasteiger partial charge in [0.05, 0.1) is 77.4 Å². The maximum atomic E-state index is 12.1. The predicted octanol–water partition coefficient (Wildman–Crippen LogP) is -2.72. The number of imide groups is 3. The molecule has 1 rings (SSSR count). The van der Waals surface area contributed by atoms with E-state index in [0.717, 1.165) is 28.2 Å². The topological polar surface area (TPSA) is 346 Å². The molecule has 27 nitrogen and oxygen atoms in total. The van der Waals surface area contributed by atoms with Crippen molar-refractivity contribution in [3.63, 3.8) is 0 Å². The number of hydrogen-bond acceptors (Lipinski definition) is 24. The van der Waals surface area contributed by atoms with Crippen molar-refractivity contribution in [3.8, 4) is 0 Å².